The molecular weight excluding hydrogens is 285 g/mol. The van der Waals surface area contributed by atoms with Crippen LogP contribution in [0.1, 0.15) is 55.6 Å². The number of aryl methyl sites for hydroxylation is 2. The molecule has 0 aromatic carbocycles. The van der Waals surface area contributed by atoms with Crippen LogP contribution in [0.5, 0.6) is 0 Å². The number of alkyl halides is 3. The average molecular weight is 308 g/mol. The highest BCUT2D eigenvalue weighted by Gasteiger charge is 2.33. The molecule has 1 aromatic rings. The van der Waals surface area contributed by atoms with Gasteiger partial charge in [0.15, 0.2) is 0 Å². The number of rotatable bonds is 6. The predicted octanol–water partition coefficient (Wildman–Crippen LogP) is 4.71. The first-order valence-electron chi connectivity index (χ1n) is 6.82. The van der Waals surface area contributed by atoms with Crippen LogP contribution >= 0.6 is 11.3 Å². The molecule has 0 amide bonds. The van der Waals surface area contributed by atoms with Gasteiger partial charge in [0.2, 0.25) is 0 Å². The molecule has 0 aliphatic rings. The van der Waals surface area contributed by atoms with Crippen molar-refractivity contribution in [2.45, 2.75) is 71.6 Å². The van der Waals surface area contributed by atoms with Crippen molar-refractivity contribution in [1.29, 1.82) is 0 Å². The summed E-state index contributed by atoms with van der Waals surface area (Å²) in [6.45, 7) is 9.86. The third-order valence-corrected chi connectivity index (χ3v) is 4.58. The lowest BCUT2D eigenvalue weighted by molar-refractivity contribution is -0.136. The topological polar surface area (TPSA) is 24.9 Å². The SMILES string of the molecule is Cc1nc(C(C)(CCCC(F)(F)F)NC(C)C)sc1C. The molecule has 20 heavy (non-hydrogen) atoms. The van der Waals surface area contributed by atoms with Gasteiger partial charge in [0, 0.05) is 17.3 Å². The number of nitrogens with one attached hydrogen (secondary N) is 1. The highest BCUT2D eigenvalue weighted by atomic mass is 32.1. The first kappa shape index (κ1) is 17.4. The van der Waals surface area contributed by atoms with Crippen molar-refractivity contribution >= 4 is 11.3 Å². The van der Waals surface area contributed by atoms with Crippen LogP contribution in [0.15, 0.2) is 0 Å². The molecule has 0 aliphatic heterocycles. The quantitative estimate of drug-likeness (QED) is 0.823. The summed E-state index contributed by atoms with van der Waals surface area (Å²) < 4.78 is 37.0. The molecule has 1 aromatic heterocycles. The Hall–Kier alpha value is -0.620. The Balaban J connectivity index is 2.86. The van der Waals surface area contributed by atoms with Crippen LogP contribution in [0.4, 0.5) is 13.2 Å². The molecule has 116 valence electrons. The first-order valence-corrected chi connectivity index (χ1v) is 7.64. The third-order valence-electron chi connectivity index (χ3n) is 3.24. The molecule has 0 aliphatic carbocycles. The number of halogens is 3. The van der Waals surface area contributed by atoms with Crippen molar-refractivity contribution < 1.29 is 13.2 Å². The molecule has 2 nitrogen and oxygen atoms in total. The van der Waals surface area contributed by atoms with Gasteiger partial charge in [0.25, 0.3) is 0 Å². The summed E-state index contributed by atoms with van der Waals surface area (Å²) in [5.41, 5.74) is 0.459. The molecule has 0 fully saturated rings. The second-order valence-corrected chi connectivity index (χ2v) is 6.96. The molecule has 1 N–H and O–H groups in total. The van der Waals surface area contributed by atoms with Crippen LogP contribution in [0.25, 0.3) is 0 Å². The van der Waals surface area contributed by atoms with E-state index in [4.69, 9.17) is 0 Å². The van der Waals surface area contributed by atoms with Crippen LogP contribution < -0.4 is 5.32 Å². The third kappa shape index (κ3) is 5.05. The average Bonchev–Trinajstić information content (AvgIpc) is 2.56. The summed E-state index contributed by atoms with van der Waals surface area (Å²) in [4.78, 5) is 5.64. The zero-order chi connectivity index (χ0) is 15.6. The summed E-state index contributed by atoms with van der Waals surface area (Å²) in [7, 11) is 0. The summed E-state index contributed by atoms with van der Waals surface area (Å²) in [6.07, 6.45) is -4.30. The van der Waals surface area contributed by atoms with E-state index in [9.17, 15) is 13.2 Å². The minimum absolute atomic E-state index is 0.109. The van der Waals surface area contributed by atoms with Crippen LogP contribution in [-0.2, 0) is 5.54 Å². The van der Waals surface area contributed by atoms with E-state index < -0.39 is 18.1 Å². The van der Waals surface area contributed by atoms with Gasteiger partial charge in [0.05, 0.1) is 11.2 Å². The van der Waals surface area contributed by atoms with Crippen molar-refractivity contribution in [1.82, 2.24) is 10.3 Å². The van der Waals surface area contributed by atoms with E-state index in [1.807, 2.05) is 34.6 Å². The Morgan fingerprint density at radius 2 is 1.80 bits per heavy atom. The second-order valence-electron chi connectivity index (χ2n) is 5.76. The van der Waals surface area contributed by atoms with Crippen LogP contribution in [0, 0.1) is 13.8 Å². The molecule has 0 saturated carbocycles. The Kier molecular flexibility index (Phi) is 5.61. The molecule has 1 heterocycles. The number of aromatic nitrogens is 1. The van der Waals surface area contributed by atoms with Gasteiger partial charge in [-0.1, -0.05) is 0 Å². The van der Waals surface area contributed by atoms with Crippen molar-refractivity contribution in [3.63, 3.8) is 0 Å². The molecule has 0 radical (unpaired) electrons. The van der Waals surface area contributed by atoms with Crippen LogP contribution in [-0.4, -0.2) is 17.2 Å². The van der Waals surface area contributed by atoms with Crippen molar-refractivity contribution in [3.05, 3.63) is 15.6 Å². The predicted molar refractivity (Wildman–Crippen MR) is 77.1 cm³/mol. The van der Waals surface area contributed by atoms with E-state index >= 15 is 0 Å². The summed E-state index contributed by atoms with van der Waals surface area (Å²) >= 11 is 1.57. The minimum atomic E-state index is -4.09. The van der Waals surface area contributed by atoms with Gasteiger partial charge in [-0.25, -0.2) is 4.98 Å². The maximum Gasteiger partial charge on any atom is 0.389 e. The van der Waals surface area contributed by atoms with Gasteiger partial charge >= 0.3 is 6.18 Å². The lowest BCUT2D eigenvalue weighted by Gasteiger charge is -2.31. The number of nitrogens with zero attached hydrogens (tertiary/aromatic N) is 1. The zero-order valence-corrected chi connectivity index (χ0v) is 13.5. The van der Waals surface area contributed by atoms with Crippen molar-refractivity contribution in [2.75, 3.05) is 0 Å². The first-order chi connectivity index (χ1) is 9.03. The summed E-state index contributed by atoms with van der Waals surface area (Å²) in [5.74, 6) is 0. The molecule has 1 atom stereocenters. The fourth-order valence-corrected chi connectivity index (χ4v) is 3.28. The van der Waals surface area contributed by atoms with Crippen LogP contribution in [0.2, 0.25) is 0 Å². The molecule has 6 heteroatoms. The van der Waals surface area contributed by atoms with E-state index in [1.54, 1.807) is 11.3 Å². The fraction of sp³-hybridized carbons (Fsp3) is 0.786. The zero-order valence-electron chi connectivity index (χ0n) is 12.7. The van der Waals surface area contributed by atoms with Crippen molar-refractivity contribution in [3.8, 4) is 0 Å². The van der Waals surface area contributed by atoms with E-state index in [0.29, 0.717) is 6.42 Å². The largest absolute Gasteiger partial charge is 0.389 e. The fourth-order valence-electron chi connectivity index (χ4n) is 2.23. The molecule has 0 spiro atoms. The Bertz CT molecular complexity index is 421. The Morgan fingerprint density at radius 1 is 1.20 bits per heavy atom. The number of hydrogen-bond acceptors (Lipinski definition) is 3. The smallest absolute Gasteiger partial charge is 0.303 e. The van der Waals surface area contributed by atoms with Gasteiger partial charge in [-0.3, -0.25) is 0 Å². The van der Waals surface area contributed by atoms with Gasteiger partial charge < -0.3 is 5.32 Å². The lowest BCUT2D eigenvalue weighted by atomic mass is 9.94. The second kappa shape index (κ2) is 6.43. The normalized spacial score (nSPS) is 15.7. The minimum Gasteiger partial charge on any atom is -0.303 e. The van der Waals surface area contributed by atoms with Crippen LogP contribution in [0.3, 0.4) is 0 Å². The standard InChI is InChI=1S/C14H23F3N2S/c1-9(2)19-13(5,7-6-8-14(15,16)17)12-18-10(3)11(4)20-12/h9,19H,6-8H2,1-5H3. The highest BCUT2D eigenvalue weighted by Crippen LogP contribution is 2.34. The monoisotopic (exact) mass is 308 g/mol. The Labute approximate surface area is 122 Å². The van der Waals surface area contributed by atoms with Gasteiger partial charge in [-0.05, 0) is 47.5 Å². The molecule has 1 rings (SSSR count). The van der Waals surface area contributed by atoms with E-state index in [-0.39, 0.29) is 12.5 Å². The maximum absolute atomic E-state index is 12.3. The maximum atomic E-state index is 12.3. The van der Waals surface area contributed by atoms with E-state index in [1.165, 1.54) is 0 Å². The van der Waals surface area contributed by atoms with Crippen molar-refractivity contribution in [2.24, 2.45) is 0 Å². The lowest BCUT2D eigenvalue weighted by Crippen LogP contribution is -2.43. The number of thiazole rings is 1. The number of hydrogen-bond donors (Lipinski definition) is 1. The molecular formula is C14H23F3N2S. The molecule has 1 unspecified atom stereocenters. The summed E-state index contributed by atoms with van der Waals surface area (Å²) in [5, 5.41) is 4.26. The molecule has 0 bridgehead atoms. The van der Waals surface area contributed by atoms with E-state index in [0.717, 1.165) is 15.6 Å². The summed E-state index contributed by atoms with van der Waals surface area (Å²) in [6, 6.07) is 0.190. The van der Waals surface area contributed by atoms with Gasteiger partial charge in [-0.15, -0.1) is 11.3 Å². The Morgan fingerprint density at radius 3 is 2.20 bits per heavy atom. The van der Waals surface area contributed by atoms with Gasteiger partial charge in [-0.2, -0.15) is 13.2 Å². The highest BCUT2D eigenvalue weighted by molar-refractivity contribution is 7.11. The molecule has 0 saturated heterocycles. The van der Waals surface area contributed by atoms with Gasteiger partial charge in [0.1, 0.15) is 5.01 Å². The van der Waals surface area contributed by atoms with E-state index in [2.05, 4.69) is 10.3 Å².